The van der Waals surface area contributed by atoms with Crippen LogP contribution in [0.15, 0.2) is 0 Å². The zero-order valence-electron chi connectivity index (χ0n) is 16.9. The second-order valence-corrected chi connectivity index (χ2v) is 9.38. The van der Waals surface area contributed by atoms with Gasteiger partial charge >= 0.3 is 6.09 Å². The van der Waals surface area contributed by atoms with Gasteiger partial charge in [0.25, 0.3) is 0 Å². The average Bonchev–Trinajstić information content (AvgIpc) is 2.98. The Hall–Kier alpha value is -1.63. The Bertz CT molecular complexity index is 575. The number of ketones is 1. The van der Waals surface area contributed by atoms with E-state index in [1.54, 1.807) is 32.8 Å². The number of carbonyl (C=O) groups is 3. The number of nitrogens with zero attached hydrogens (tertiary/aromatic N) is 1. The number of hydrogen-bond acceptors (Lipinski definition) is 5. The molecule has 1 unspecified atom stereocenters. The highest BCUT2D eigenvalue weighted by molar-refractivity contribution is 5.92. The van der Waals surface area contributed by atoms with Gasteiger partial charge in [0.15, 0.2) is 0 Å². The minimum Gasteiger partial charge on any atom is -0.444 e. The number of piperidine rings is 1. The lowest BCUT2D eigenvalue weighted by atomic mass is 9.85. The summed E-state index contributed by atoms with van der Waals surface area (Å²) in [6.45, 7) is 11.4. The van der Waals surface area contributed by atoms with Crippen molar-refractivity contribution in [3.63, 3.8) is 0 Å². The molecule has 0 aromatic carbocycles. The summed E-state index contributed by atoms with van der Waals surface area (Å²) in [7, 11) is 1.57. The van der Waals surface area contributed by atoms with Crippen LogP contribution in [0, 0.1) is 11.3 Å². The monoisotopic (exact) mass is 368 g/mol. The van der Waals surface area contributed by atoms with Gasteiger partial charge in [0.05, 0.1) is 12.6 Å². The lowest BCUT2D eigenvalue weighted by Crippen LogP contribution is -2.60. The highest BCUT2D eigenvalue weighted by atomic mass is 16.6. The molecule has 0 aromatic heterocycles. The van der Waals surface area contributed by atoms with Crippen LogP contribution >= 0.6 is 0 Å². The number of Topliss-reactive ketones (excluding diaryl/α,β-unsaturated/α-hetero) is 1. The molecule has 0 radical (unpaired) electrons. The van der Waals surface area contributed by atoms with Crippen LogP contribution in [0.5, 0.6) is 0 Å². The topological polar surface area (TPSA) is 84.9 Å². The molecule has 7 nitrogen and oxygen atoms in total. The SMILES string of the molecule is COCC1[C@@H]2C[C@@H](CC2=O)N1C(=O)[C@@H](NC(=O)OC(C)(C)C)C(C)(C)C. The maximum Gasteiger partial charge on any atom is 0.408 e. The number of rotatable bonds is 4. The normalized spacial score (nSPS) is 26.8. The molecule has 1 heterocycles. The third-order valence-corrected chi connectivity index (χ3v) is 4.96. The van der Waals surface area contributed by atoms with Crippen molar-refractivity contribution in [1.29, 1.82) is 0 Å². The van der Waals surface area contributed by atoms with E-state index in [1.807, 2.05) is 20.8 Å². The summed E-state index contributed by atoms with van der Waals surface area (Å²) in [6.07, 6.45) is 0.455. The summed E-state index contributed by atoms with van der Waals surface area (Å²) in [5.74, 6) is -0.134. The first-order valence-corrected chi connectivity index (χ1v) is 9.18. The van der Waals surface area contributed by atoms with Crippen molar-refractivity contribution in [2.45, 2.75) is 78.1 Å². The minimum absolute atomic E-state index is 0.106. The van der Waals surface area contributed by atoms with E-state index in [9.17, 15) is 14.4 Å². The maximum absolute atomic E-state index is 13.4. The Labute approximate surface area is 155 Å². The van der Waals surface area contributed by atoms with Crippen LogP contribution in [0.25, 0.3) is 0 Å². The van der Waals surface area contributed by atoms with Crippen LogP contribution < -0.4 is 5.32 Å². The molecule has 2 fully saturated rings. The highest BCUT2D eigenvalue weighted by Crippen LogP contribution is 2.41. The number of alkyl carbamates (subject to hydrolysis) is 1. The Morgan fingerprint density at radius 1 is 1.23 bits per heavy atom. The predicted molar refractivity (Wildman–Crippen MR) is 96.6 cm³/mol. The maximum atomic E-state index is 13.4. The predicted octanol–water partition coefficient (Wildman–Crippen LogP) is 2.13. The number of carbonyl (C=O) groups excluding carboxylic acids is 3. The van der Waals surface area contributed by atoms with Crippen LogP contribution in [0.2, 0.25) is 0 Å². The number of hydrogen-bond donors (Lipinski definition) is 1. The van der Waals surface area contributed by atoms with Crippen LogP contribution in [-0.2, 0) is 19.1 Å². The molecule has 7 heteroatoms. The van der Waals surface area contributed by atoms with Gasteiger partial charge in [0.2, 0.25) is 5.91 Å². The Morgan fingerprint density at radius 2 is 1.85 bits per heavy atom. The number of likely N-dealkylation sites (tertiary alicyclic amines) is 1. The summed E-state index contributed by atoms with van der Waals surface area (Å²) in [5, 5.41) is 2.75. The van der Waals surface area contributed by atoms with Gasteiger partial charge in [-0.2, -0.15) is 0 Å². The van der Waals surface area contributed by atoms with E-state index in [0.29, 0.717) is 19.4 Å². The van der Waals surface area contributed by atoms with E-state index in [0.717, 1.165) is 0 Å². The first-order chi connectivity index (χ1) is 11.8. The van der Waals surface area contributed by atoms with Gasteiger partial charge < -0.3 is 19.7 Å². The number of amides is 2. The largest absolute Gasteiger partial charge is 0.444 e. The second-order valence-electron chi connectivity index (χ2n) is 9.38. The molecule has 1 aliphatic heterocycles. The van der Waals surface area contributed by atoms with E-state index < -0.39 is 23.2 Å². The minimum atomic E-state index is -0.744. The number of fused-ring (bicyclic) bond motifs is 2. The van der Waals surface area contributed by atoms with Crippen LogP contribution in [-0.4, -0.2) is 60.1 Å². The summed E-state index contributed by atoms with van der Waals surface area (Å²) in [6, 6.07) is -1.11. The quantitative estimate of drug-likeness (QED) is 0.822. The molecule has 1 saturated carbocycles. The molecule has 1 N–H and O–H groups in total. The Kier molecular flexibility index (Phi) is 5.71. The molecule has 26 heavy (non-hydrogen) atoms. The molecule has 2 rings (SSSR count). The molecule has 4 atom stereocenters. The zero-order valence-corrected chi connectivity index (χ0v) is 16.9. The van der Waals surface area contributed by atoms with Gasteiger partial charge in [-0.25, -0.2) is 4.79 Å². The van der Waals surface area contributed by atoms with Gasteiger partial charge in [0.1, 0.15) is 17.4 Å². The van der Waals surface area contributed by atoms with Crippen molar-refractivity contribution in [1.82, 2.24) is 10.2 Å². The van der Waals surface area contributed by atoms with Gasteiger partial charge in [0, 0.05) is 25.5 Å². The standard InChI is InChI=1S/C19H32N2O5/c1-18(2,3)15(20-17(24)26-19(4,5)6)16(23)21-11-8-12(14(22)9-11)13(21)10-25-7/h11-13,15H,8-10H2,1-7H3,(H,20,24)/t11-,12-,13?,15+/m0/s1. The van der Waals surface area contributed by atoms with Gasteiger partial charge in [-0.3, -0.25) is 9.59 Å². The lowest BCUT2D eigenvalue weighted by molar-refractivity contribution is -0.144. The zero-order chi connectivity index (χ0) is 19.9. The third kappa shape index (κ3) is 4.37. The van der Waals surface area contributed by atoms with E-state index >= 15 is 0 Å². The van der Waals surface area contributed by atoms with Crippen molar-refractivity contribution in [3.8, 4) is 0 Å². The first kappa shape index (κ1) is 20.7. The molecule has 0 spiro atoms. The molecule has 0 aromatic rings. The fourth-order valence-corrected chi connectivity index (χ4v) is 3.87. The summed E-state index contributed by atoms with van der Waals surface area (Å²) in [5.41, 5.74) is -1.15. The van der Waals surface area contributed by atoms with E-state index in [4.69, 9.17) is 9.47 Å². The number of ether oxygens (including phenoxy) is 2. The van der Waals surface area contributed by atoms with Gasteiger partial charge in [-0.05, 0) is 32.6 Å². The number of nitrogens with one attached hydrogen (secondary N) is 1. The van der Waals surface area contributed by atoms with Crippen LogP contribution in [0.1, 0.15) is 54.4 Å². The van der Waals surface area contributed by atoms with E-state index in [1.165, 1.54) is 0 Å². The molecule has 1 aliphatic carbocycles. The molecular formula is C19H32N2O5. The Morgan fingerprint density at radius 3 is 2.35 bits per heavy atom. The van der Waals surface area contributed by atoms with Gasteiger partial charge in [-0.1, -0.05) is 20.8 Å². The van der Waals surface area contributed by atoms with Crippen LogP contribution in [0.3, 0.4) is 0 Å². The highest BCUT2D eigenvalue weighted by Gasteiger charge is 2.54. The van der Waals surface area contributed by atoms with E-state index in [2.05, 4.69) is 5.32 Å². The molecule has 1 saturated heterocycles. The summed E-state index contributed by atoms with van der Waals surface area (Å²) < 4.78 is 10.6. The lowest BCUT2D eigenvalue weighted by Gasteiger charge is -2.40. The Balaban J connectivity index is 2.21. The van der Waals surface area contributed by atoms with Crippen molar-refractivity contribution >= 4 is 17.8 Å². The molecule has 2 amide bonds. The fraction of sp³-hybridized carbons (Fsp3) is 0.842. The molecule has 148 valence electrons. The van der Waals surface area contributed by atoms with E-state index in [-0.39, 0.29) is 29.7 Å². The van der Waals surface area contributed by atoms with Crippen LogP contribution in [0.4, 0.5) is 4.79 Å². The number of methoxy groups -OCH3 is 1. The summed E-state index contributed by atoms with van der Waals surface area (Å²) >= 11 is 0. The van der Waals surface area contributed by atoms with Crippen molar-refractivity contribution in [2.24, 2.45) is 11.3 Å². The molecule has 2 bridgehead atoms. The second kappa shape index (κ2) is 7.18. The van der Waals surface area contributed by atoms with Crippen molar-refractivity contribution in [2.75, 3.05) is 13.7 Å². The molecule has 2 aliphatic rings. The van der Waals surface area contributed by atoms with Crippen molar-refractivity contribution in [3.05, 3.63) is 0 Å². The smallest absolute Gasteiger partial charge is 0.408 e. The van der Waals surface area contributed by atoms with Gasteiger partial charge in [-0.15, -0.1) is 0 Å². The summed E-state index contributed by atoms with van der Waals surface area (Å²) in [4.78, 5) is 39.5. The fourth-order valence-electron chi connectivity index (χ4n) is 3.87. The average molecular weight is 368 g/mol. The van der Waals surface area contributed by atoms with Crippen molar-refractivity contribution < 1.29 is 23.9 Å². The first-order valence-electron chi connectivity index (χ1n) is 9.18. The molecular weight excluding hydrogens is 336 g/mol. The third-order valence-electron chi connectivity index (χ3n) is 4.96.